The van der Waals surface area contributed by atoms with Crippen LogP contribution in [0.5, 0.6) is 0 Å². The van der Waals surface area contributed by atoms with E-state index in [0.29, 0.717) is 0 Å². The number of thioether (sulfide) groups is 1. The lowest BCUT2D eigenvalue weighted by Crippen LogP contribution is -2.01. The Morgan fingerprint density at radius 1 is 1.18 bits per heavy atom. The molecule has 1 aromatic rings. The molecule has 0 N–H and O–H groups in total. The van der Waals surface area contributed by atoms with E-state index in [4.69, 9.17) is 4.42 Å². The van der Waals surface area contributed by atoms with E-state index < -0.39 is 0 Å². The average molecular weight is 254 g/mol. The number of furan rings is 1. The summed E-state index contributed by atoms with van der Waals surface area (Å²) >= 11 is 2.05. The molecule has 98 valence electrons. The first-order valence-electron chi connectivity index (χ1n) is 7.00. The summed E-state index contributed by atoms with van der Waals surface area (Å²) in [6.45, 7) is 4.57. The van der Waals surface area contributed by atoms with Crippen molar-refractivity contribution in [3.05, 3.63) is 24.2 Å². The summed E-state index contributed by atoms with van der Waals surface area (Å²) in [7, 11) is 0. The molecule has 1 aromatic heterocycles. The molecule has 1 rings (SSSR count). The predicted octanol–water partition coefficient (Wildman–Crippen LogP) is 5.65. The fourth-order valence-electron chi connectivity index (χ4n) is 1.98. The third kappa shape index (κ3) is 6.82. The SMILES string of the molecule is CCCCCCCC(CC)SCc1ccco1. The first-order chi connectivity index (χ1) is 8.36. The second kappa shape index (κ2) is 9.64. The molecule has 1 nitrogen and oxygen atoms in total. The maximum absolute atomic E-state index is 5.37. The highest BCUT2D eigenvalue weighted by atomic mass is 32.2. The highest BCUT2D eigenvalue weighted by Gasteiger charge is 2.07. The van der Waals surface area contributed by atoms with Crippen LogP contribution >= 0.6 is 11.8 Å². The van der Waals surface area contributed by atoms with Gasteiger partial charge in [0.25, 0.3) is 0 Å². The summed E-state index contributed by atoms with van der Waals surface area (Å²) in [6.07, 6.45) is 11.4. The molecular weight excluding hydrogens is 228 g/mol. The van der Waals surface area contributed by atoms with Crippen molar-refractivity contribution in [1.29, 1.82) is 0 Å². The van der Waals surface area contributed by atoms with E-state index in [2.05, 4.69) is 19.9 Å². The van der Waals surface area contributed by atoms with Crippen molar-refractivity contribution in [2.75, 3.05) is 0 Å². The number of unbranched alkanes of at least 4 members (excludes halogenated alkanes) is 4. The van der Waals surface area contributed by atoms with Crippen LogP contribution in [0.3, 0.4) is 0 Å². The topological polar surface area (TPSA) is 13.1 Å². The van der Waals surface area contributed by atoms with Crippen molar-refractivity contribution in [1.82, 2.24) is 0 Å². The van der Waals surface area contributed by atoms with E-state index in [9.17, 15) is 0 Å². The van der Waals surface area contributed by atoms with Gasteiger partial charge in [-0.15, -0.1) is 0 Å². The van der Waals surface area contributed by atoms with Crippen LogP contribution in [-0.2, 0) is 5.75 Å². The van der Waals surface area contributed by atoms with Crippen LogP contribution in [0, 0.1) is 0 Å². The largest absolute Gasteiger partial charge is 0.468 e. The molecule has 1 heterocycles. The second-order valence-corrected chi connectivity index (χ2v) is 5.91. The highest BCUT2D eigenvalue weighted by molar-refractivity contribution is 7.99. The lowest BCUT2D eigenvalue weighted by atomic mass is 10.1. The molecule has 0 radical (unpaired) electrons. The Morgan fingerprint density at radius 3 is 2.65 bits per heavy atom. The van der Waals surface area contributed by atoms with Crippen molar-refractivity contribution in [3.63, 3.8) is 0 Å². The lowest BCUT2D eigenvalue weighted by Gasteiger charge is -2.13. The molecule has 0 fully saturated rings. The minimum Gasteiger partial charge on any atom is -0.468 e. The Balaban J connectivity index is 2.07. The van der Waals surface area contributed by atoms with Crippen LogP contribution in [-0.4, -0.2) is 5.25 Å². The Bertz CT molecular complexity index is 256. The molecule has 17 heavy (non-hydrogen) atoms. The first-order valence-corrected chi connectivity index (χ1v) is 8.05. The molecule has 0 spiro atoms. The Hall–Kier alpha value is -0.370. The van der Waals surface area contributed by atoms with E-state index >= 15 is 0 Å². The first kappa shape index (κ1) is 14.7. The smallest absolute Gasteiger partial charge is 0.113 e. The predicted molar refractivity (Wildman–Crippen MR) is 77.5 cm³/mol. The average Bonchev–Trinajstić information content (AvgIpc) is 2.86. The summed E-state index contributed by atoms with van der Waals surface area (Å²) < 4.78 is 5.37. The van der Waals surface area contributed by atoms with Crippen molar-refractivity contribution < 1.29 is 4.42 Å². The number of hydrogen-bond acceptors (Lipinski definition) is 2. The van der Waals surface area contributed by atoms with Crippen LogP contribution in [0.4, 0.5) is 0 Å². The highest BCUT2D eigenvalue weighted by Crippen LogP contribution is 2.25. The van der Waals surface area contributed by atoms with E-state index in [1.807, 2.05) is 17.8 Å². The van der Waals surface area contributed by atoms with Crippen molar-refractivity contribution in [2.24, 2.45) is 0 Å². The van der Waals surface area contributed by atoms with Gasteiger partial charge in [-0.2, -0.15) is 11.8 Å². The molecule has 0 aliphatic rings. The molecule has 0 aromatic carbocycles. The van der Waals surface area contributed by atoms with Crippen molar-refractivity contribution in [3.8, 4) is 0 Å². The van der Waals surface area contributed by atoms with Gasteiger partial charge in [0.05, 0.1) is 12.0 Å². The van der Waals surface area contributed by atoms with Gasteiger partial charge in [0, 0.05) is 5.25 Å². The maximum Gasteiger partial charge on any atom is 0.113 e. The van der Waals surface area contributed by atoms with Crippen LogP contribution in [0.15, 0.2) is 22.8 Å². The second-order valence-electron chi connectivity index (χ2n) is 4.62. The minimum absolute atomic E-state index is 0.807. The Labute approximate surface area is 110 Å². The molecule has 1 unspecified atom stereocenters. The molecule has 2 heteroatoms. The van der Waals surface area contributed by atoms with E-state index in [0.717, 1.165) is 16.8 Å². The number of rotatable bonds is 10. The number of hydrogen-bond donors (Lipinski definition) is 0. The summed E-state index contributed by atoms with van der Waals surface area (Å²) in [4.78, 5) is 0. The molecule has 1 atom stereocenters. The summed E-state index contributed by atoms with van der Waals surface area (Å²) in [6, 6.07) is 4.04. The van der Waals surface area contributed by atoms with E-state index in [1.54, 1.807) is 6.26 Å². The van der Waals surface area contributed by atoms with Gasteiger partial charge in [-0.1, -0.05) is 46.0 Å². The Kier molecular flexibility index (Phi) is 8.33. The molecule has 0 bridgehead atoms. The van der Waals surface area contributed by atoms with Gasteiger partial charge in [0.2, 0.25) is 0 Å². The maximum atomic E-state index is 5.37. The summed E-state index contributed by atoms with van der Waals surface area (Å²) in [5.74, 6) is 2.14. The van der Waals surface area contributed by atoms with E-state index in [1.165, 1.54) is 44.9 Å². The zero-order chi connectivity index (χ0) is 12.3. The fraction of sp³-hybridized carbons (Fsp3) is 0.733. The van der Waals surface area contributed by atoms with Gasteiger partial charge in [0.15, 0.2) is 0 Å². The standard InChI is InChI=1S/C15H26OS/c1-3-5-6-7-8-11-15(4-2)17-13-14-10-9-12-16-14/h9-10,12,15H,3-8,11,13H2,1-2H3. The third-order valence-electron chi connectivity index (χ3n) is 3.13. The lowest BCUT2D eigenvalue weighted by molar-refractivity contribution is 0.529. The van der Waals surface area contributed by atoms with E-state index in [-0.39, 0.29) is 0 Å². The molecule has 0 amide bonds. The Morgan fingerprint density at radius 2 is 2.00 bits per heavy atom. The normalized spacial score (nSPS) is 12.8. The third-order valence-corrected chi connectivity index (χ3v) is 4.62. The molecule has 0 saturated heterocycles. The van der Waals surface area contributed by atoms with Gasteiger partial charge in [0.1, 0.15) is 5.76 Å². The van der Waals surface area contributed by atoms with Crippen LogP contribution < -0.4 is 0 Å². The van der Waals surface area contributed by atoms with Gasteiger partial charge in [-0.25, -0.2) is 0 Å². The van der Waals surface area contributed by atoms with Crippen LogP contribution in [0.2, 0.25) is 0 Å². The molecule has 0 saturated carbocycles. The minimum atomic E-state index is 0.807. The molecular formula is C15H26OS. The van der Waals surface area contributed by atoms with Crippen molar-refractivity contribution >= 4 is 11.8 Å². The monoisotopic (exact) mass is 254 g/mol. The van der Waals surface area contributed by atoms with Crippen LogP contribution in [0.25, 0.3) is 0 Å². The summed E-state index contributed by atoms with van der Waals surface area (Å²) in [5, 5.41) is 0.807. The van der Waals surface area contributed by atoms with Gasteiger partial charge >= 0.3 is 0 Å². The van der Waals surface area contributed by atoms with Crippen molar-refractivity contribution in [2.45, 2.75) is 69.8 Å². The summed E-state index contributed by atoms with van der Waals surface area (Å²) in [5.41, 5.74) is 0. The zero-order valence-electron chi connectivity index (χ0n) is 11.3. The van der Waals surface area contributed by atoms with Gasteiger partial charge in [-0.3, -0.25) is 0 Å². The molecule has 0 aliphatic heterocycles. The fourth-order valence-corrected chi connectivity index (χ4v) is 3.11. The van der Waals surface area contributed by atoms with Gasteiger partial charge < -0.3 is 4.42 Å². The molecule has 0 aliphatic carbocycles. The zero-order valence-corrected chi connectivity index (χ0v) is 12.1. The van der Waals surface area contributed by atoms with Crippen LogP contribution in [0.1, 0.15) is 64.6 Å². The quantitative estimate of drug-likeness (QED) is 0.500. The van der Waals surface area contributed by atoms with Gasteiger partial charge in [-0.05, 0) is 25.0 Å².